The molecular formula is C14H17F2NO. The molecule has 0 spiro atoms. The lowest BCUT2D eigenvalue weighted by atomic mass is 9.98. The Morgan fingerprint density at radius 1 is 1.39 bits per heavy atom. The van der Waals surface area contributed by atoms with Crippen molar-refractivity contribution in [3.63, 3.8) is 0 Å². The van der Waals surface area contributed by atoms with Crippen LogP contribution in [0.5, 0.6) is 0 Å². The van der Waals surface area contributed by atoms with E-state index in [-0.39, 0.29) is 5.56 Å². The van der Waals surface area contributed by atoms with Crippen LogP contribution in [0.3, 0.4) is 0 Å². The van der Waals surface area contributed by atoms with Crippen molar-refractivity contribution in [1.29, 1.82) is 0 Å². The fraction of sp³-hybridized carbons (Fsp3) is 0.500. The van der Waals surface area contributed by atoms with E-state index in [9.17, 15) is 13.6 Å². The lowest BCUT2D eigenvalue weighted by Crippen LogP contribution is -2.31. The fourth-order valence-electron chi connectivity index (χ4n) is 2.52. The third kappa shape index (κ3) is 2.68. The minimum atomic E-state index is -1.07. The molecule has 1 saturated carbocycles. The molecule has 2 atom stereocenters. The Labute approximate surface area is 105 Å². The number of carbonyl (C=O) groups excluding carboxylic acids is 1. The van der Waals surface area contributed by atoms with Gasteiger partial charge in [-0.05, 0) is 30.4 Å². The molecule has 0 radical (unpaired) electrons. The first-order valence-electron chi connectivity index (χ1n) is 6.32. The summed E-state index contributed by atoms with van der Waals surface area (Å²) in [6.45, 7) is 2.70. The van der Waals surface area contributed by atoms with Gasteiger partial charge >= 0.3 is 0 Å². The zero-order chi connectivity index (χ0) is 13.1. The van der Waals surface area contributed by atoms with Gasteiger partial charge in [-0.3, -0.25) is 4.79 Å². The predicted molar refractivity (Wildman–Crippen MR) is 65.2 cm³/mol. The predicted octanol–water partition coefficient (Wildman–Crippen LogP) is 3.13. The Balaban J connectivity index is 1.97. The highest BCUT2D eigenvalue weighted by atomic mass is 19.2. The van der Waals surface area contributed by atoms with Gasteiger partial charge in [-0.15, -0.1) is 0 Å². The van der Waals surface area contributed by atoms with Crippen molar-refractivity contribution in [1.82, 2.24) is 5.32 Å². The number of halogens is 2. The van der Waals surface area contributed by atoms with Crippen molar-refractivity contribution in [2.45, 2.75) is 26.2 Å². The molecule has 1 N–H and O–H groups in total. The summed E-state index contributed by atoms with van der Waals surface area (Å²) in [5, 5.41) is 2.69. The molecule has 2 rings (SSSR count). The molecule has 0 heterocycles. The Bertz CT molecular complexity index is 447. The summed E-state index contributed by atoms with van der Waals surface area (Å²) < 4.78 is 26.4. The maximum atomic E-state index is 13.4. The SMILES string of the molecule is CC1CCCC1CNC(=O)c1cccc(F)c1F. The highest BCUT2D eigenvalue weighted by Crippen LogP contribution is 2.30. The van der Waals surface area contributed by atoms with Crippen LogP contribution in [0.25, 0.3) is 0 Å². The fourth-order valence-corrected chi connectivity index (χ4v) is 2.52. The number of carbonyl (C=O) groups is 1. The van der Waals surface area contributed by atoms with E-state index < -0.39 is 17.5 Å². The van der Waals surface area contributed by atoms with Gasteiger partial charge in [0.15, 0.2) is 11.6 Å². The topological polar surface area (TPSA) is 29.1 Å². The lowest BCUT2D eigenvalue weighted by molar-refractivity contribution is 0.0939. The minimum Gasteiger partial charge on any atom is -0.352 e. The van der Waals surface area contributed by atoms with Crippen LogP contribution in [-0.4, -0.2) is 12.5 Å². The first-order chi connectivity index (χ1) is 8.59. The van der Waals surface area contributed by atoms with Gasteiger partial charge in [0.2, 0.25) is 0 Å². The number of nitrogens with one attached hydrogen (secondary N) is 1. The average molecular weight is 253 g/mol. The third-order valence-electron chi connectivity index (χ3n) is 3.76. The van der Waals surface area contributed by atoms with Crippen LogP contribution in [0, 0.1) is 23.5 Å². The smallest absolute Gasteiger partial charge is 0.254 e. The van der Waals surface area contributed by atoms with Gasteiger partial charge < -0.3 is 5.32 Å². The average Bonchev–Trinajstić information content (AvgIpc) is 2.75. The summed E-state index contributed by atoms with van der Waals surface area (Å²) in [5.74, 6) is -1.56. The molecule has 4 heteroatoms. The zero-order valence-electron chi connectivity index (χ0n) is 10.4. The van der Waals surface area contributed by atoms with Gasteiger partial charge in [-0.1, -0.05) is 25.8 Å². The Morgan fingerprint density at radius 3 is 2.83 bits per heavy atom. The molecule has 1 aliphatic carbocycles. The summed E-state index contributed by atoms with van der Waals surface area (Å²) in [4.78, 5) is 11.8. The number of amides is 1. The highest BCUT2D eigenvalue weighted by molar-refractivity contribution is 5.94. The molecular weight excluding hydrogens is 236 g/mol. The van der Waals surface area contributed by atoms with Gasteiger partial charge in [-0.25, -0.2) is 8.78 Å². The van der Waals surface area contributed by atoms with Crippen LogP contribution in [-0.2, 0) is 0 Å². The number of hydrogen-bond acceptors (Lipinski definition) is 1. The molecule has 0 saturated heterocycles. The largest absolute Gasteiger partial charge is 0.352 e. The molecule has 1 aromatic rings. The second-order valence-electron chi connectivity index (χ2n) is 4.98. The van der Waals surface area contributed by atoms with Crippen LogP contribution in [0.1, 0.15) is 36.5 Å². The van der Waals surface area contributed by atoms with Crippen molar-refractivity contribution in [3.8, 4) is 0 Å². The number of hydrogen-bond donors (Lipinski definition) is 1. The summed E-state index contributed by atoms with van der Waals surface area (Å²) >= 11 is 0. The maximum absolute atomic E-state index is 13.4. The molecule has 2 nitrogen and oxygen atoms in total. The van der Waals surface area contributed by atoms with Crippen LogP contribution in [0.4, 0.5) is 8.78 Å². The first kappa shape index (κ1) is 13.0. The summed E-state index contributed by atoms with van der Waals surface area (Å²) in [6.07, 6.45) is 3.44. The second kappa shape index (κ2) is 5.46. The van der Waals surface area contributed by atoms with E-state index in [1.54, 1.807) is 0 Å². The Hall–Kier alpha value is -1.45. The first-order valence-corrected chi connectivity index (χ1v) is 6.32. The van der Waals surface area contributed by atoms with Crippen molar-refractivity contribution in [2.75, 3.05) is 6.54 Å². The lowest BCUT2D eigenvalue weighted by Gasteiger charge is -2.16. The summed E-state index contributed by atoms with van der Waals surface area (Å²) in [7, 11) is 0. The van der Waals surface area contributed by atoms with E-state index in [0.29, 0.717) is 18.4 Å². The monoisotopic (exact) mass is 253 g/mol. The van der Waals surface area contributed by atoms with Crippen molar-refractivity contribution < 1.29 is 13.6 Å². The van der Waals surface area contributed by atoms with E-state index in [0.717, 1.165) is 12.5 Å². The van der Waals surface area contributed by atoms with Crippen LogP contribution in [0.15, 0.2) is 18.2 Å². The molecule has 1 aliphatic rings. The number of benzene rings is 1. The summed E-state index contributed by atoms with van der Waals surface area (Å²) in [6, 6.07) is 3.64. The molecule has 1 aromatic carbocycles. The third-order valence-corrected chi connectivity index (χ3v) is 3.76. The van der Waals surface area contributed by atoms with Crippen LogP contribution >= 0.6 is 0 Å². The normalized spacial score (nSPS) is 23.1. The quantitative estimate of drug-likeness (QED) is 0.881. The highest BCUT2D eigenvalue weighted by Gasteiger charge is 2.24. The van der Waals surface area contributed by atoms with Crippen molar-refractivity contribution in [2.24, 2.45) is 11.8 Å². The van der Waals surface area contributed by atoms with Crippen LogP contribution in [0.2, 0.25) is 0 Å². The molecule has 1 amide bonds. The van der Waals surface area contributed by atoms with Gasteiger partial charge in [0.1, 0.15) is 0 Å². The second-order valence-corrected chi connectivity index (χ2v) is 4.98. The Morgan fingerprint density at radius 2 is 2.17 bits per heavy atom. The maximum Gasteiger partial charge on any atom is 0.254 e. The molecule has 1 fully saturated rings. The molecule has 0 aliphatic heterocycles. The number of rotatable bonds is 3. The van der Waals surface area contributed by atoms with Gasteiger partial charge in [0, 0.05) is 6.54 Å². The van der Waals surface area contributed by atoms with E-state index in [1.165, 1.54) is 25.0 Å². The molecule has 0 aromatic heterocycles. The minimum absolute atomic E-state index is 0.222. The molecule has 18 heavy (non-hydrogen) atoms. The van der Waals surface area contributed by atoms with E-state index >= 15 is 0 Å². The van der Waals surface area contributed by atoms with Gasteiger partial charge in [0.25, 0.3) is 5.91 Å². The van der Waals surface area contributed by atoms with Gasteiger partial charge in [0.05, 0.1) is 5.56 Å². The zero-order valence-corrected chi connectivity index (χ0v) is 10.4. The van der Waals surface area contributed by atoms with Crippen molar-refractivity contribution in [3.05, 3.63) is 35.4 Å². The Kier molecular flexibility index (Phi) is 3.94. The standard InChI is InChI=1S/C14H17F2NO/c1-9-4-2-5-10(9)8-17-14(18)11-6-3-7-12(15)13(11)16/h3,6-7,9-10H,2,4-5,8H2,1H3,(H,17,18). The molecule has 98 valence electrons. The van der Waals surface area contributed by atoms with Crippen molar-refractivity contribution >= 4 is 5.91 Å². The van der Waals surface area contributed by atoms with Crippen LogP contribution < -0.4 is 5.32 Å². The van der Waals surface area contributed by atoms with E-state index in [2.05, 4.69) is 12.2 Å². The van der Waals surface area contributed by atoms with E-state index in [1.807, 2.05) is 0 Å². The van der Waals surface area contributed by atoms with E-state index in [4.69, 9.17) is 0 Å². The molecule has 0 bridgehead atoms. The summed E-state index contributed by atoms with van der Waals surface area (Å²) in [5.41, 5.74) is -0.222. The molecule has 2 unspecified atom stereocenters. The van der Waals surface area contributed by atoms with Gasteiger partial charge in [-0.2, -0.15) is 0 Å².